The standard InChI is InChI=1S/C19H22ClN3O5S/c1-12-7-8-13(29(26,27)23-19(2,3)4)10-14(12)18(25)28-11-16(24)22-15-6-5-9-21-17(15)20/h5-10,23H,11H2,1-4H3,(H,22,24). The van der Waals surface area contributed by atoms with Crippen LogP contribution in [0.5, 0.6) is 0 Å². The monoisotopic (exact) mass is 439 g/mol. The summed E-state index contributed by atoms with van der Waals surface area (Å²) in [6, 6.07) is 7.27. The summed E-state index contributed by atoms with van der Waals surface area (Å²) in [5.74, 6) is -1.42. The van der Waals surface area contributed by atoms with Gasteiger partial charge in [0, 0.05) is 11.7 Å². The van der Waals surface area contributed by atoms with Crippen molar-refractivity contribution in [1.29, 1.82) is 0 Å². The molecule has 1 amide bonds. The number of hydrogen-bond donors (Lipinski definition) is 2. The van der Waals surface area contributed by atoms with Crippen LogP contribution < -0.4 is 10.0 Å². The van der Waals surface area contributed by atoms with Crippen molar-refractivity contribution in [1.82, 2.24) is 9.71 Å². The third-order valence-electron chi connectivity index (χ3n) is 3.55. The quantitative estimate of drug-likeness (QED) is 0.528. The lowest BCUT2D eigenvalue weighted by atomic mass is 10.1. The molecule has 1 heterocycles. The molecule has 0 unspecified atom stereocenters. The first-order valence-electron chi connectivity index (χ1n) is 8.61. The Morgan fingerprint density at radius 2 is 1.90 bits per heavy atom. The number of amides is 1. The van der Waals surface area contributed by atoms with Gasteiger partial charge in [-0.2, -0.15) is 0 Å². The van der Waals surface area contributed by atoms with E-state index < -0.39 is 34.0 Å². The number of nitrogens with zero attached hydrogens (tertiary/aromatic N) is 1. The topological polar surface area (TPSA) is 114 Å². The van der Waals surface area contributed by atoms with Crippen molar-refractivity contribution in [2.75, 3.05) is 11.9 Å². The summed E-state index contributed by atoms with van der Waals surface area (Å²) >= 11 is 5.86. The predicted molar refractivity (Wildman–Crippen MR) is 109 cm³/mol. The maximum absolute atomic E-state index is 12.5. The van der Waals surface area contributed by atoms with Gasteiger partial charge < -0.3 is 10.1 Å². The predicted octanol–water partition coefficient (Wildman–Crippen LogP) is 2.92. The first kappa shape index (κ1) is 22.8. The molecule has 10 heteroatoms. The number of benzene rings is 1. The summed E-state index contributed by atoms with van der Waals surface area (Å²) in [7, 11) is -3.83. The van der Waals surface area contributed by atoms with Crippen LogP contribution in [0.25, 0.3) is 0 Å². The van der Waals surface area contributed by atoms with Gasteiger partial charge in [0.1, 0.15) is 0 Å². The third-order valence-corrected chi connectivity index (χ3v) is 5.60. The molecule has 0 spiro atoms. The van der Waals surface area contributed by atoms with Crippen LogP contribution in [0.2, 0.25) is 5.15 Å². The third kappa shape index (κ3) is 6.52. The van der Waals surface area contributed by atoms with Gasteiger partial charge in [-0.15, -0.1) is 0 Å². The number of aryl methyl sites for hydroxylation is 1. The number of esters is 1. The average Bonchev–Trinajstić information content (AvgIpc) is 2.60. The van der Waals surface area contributed by atoms with Crippen LogP contribution in [0.15, 0.2) is 41.4 Å². The number of carbonyl (C=O) groups excluding carboxylic acids is 2. The van der Waals surface area contributed by atoms with Crippen LogP contribution in [0, 0.1) is 6.92 Å². The summed E-state index contributed by atoms with van der Waals surface area (Å²) in [5, 5.41) is 2.58. The fourth-order valence-electron chi connectivity index (χ4n) is 2.32. The maximum atomic E-state index is 12.5. The first-order valence-corrected chi connectivity index (χ1v) is 10.5. The van der Waals surface area contributed by atoms with Crippen molar-refractivity contribution in [3.8, 4) is 0 Å². The number of nitrogens with one attached hydrogen (secondary N) is 2. The maximum Gasteiger partial charge on any atom is 0.338 e. The van der Waals surface area contributed by atoms with Crippen molar-refractivity contribution in [3.63, 3.8) is 0 Å². The zero-order valence-corrected chi connectivity index (χ0v) is 18.0. The van der Waals surface area contributed by atoms with Crippen molar-refractivity contribution in [2.24, 2.45) is 0 Å². The summed E-state index contributed by atoms with van der Waals surface area (Å²) in [4.78, 5) is 28.1. The number of hydrogen-bond acceptors (Lipinski definition) is 6. The molecule has 2 rings (SSSR count). The Morgan fingerprint density at radius 3 is 2.52 bits per heavy atom. The fourth-order valence-corrected chi connectivity index (χ4v) is 3.94. The highest BCUT2D eigenvalue weighted by Crippen LogP contribution is 2.19. The number of ether oxygens (including phenoxy) is 1. The number of rotatable bonds is 6. The lowest BCUT2D eigenvalue weighted by molar-refractivity contribution is -0.119. The minimum atomic E-state index is -3.83. The van der Waals surface area contributed by atoms with E-state index in [9.17, 15) is 18.0 Å². The first-order chi connectivity index (χ1) is 13.4. The van der Waals surface area contributed by atoms with E-state index in [1.54, 1.807) is 39.8 Å². The number of pyridine rings is 1. The molecule has 0 fully saturated rings. The minimum absolute atomic E-state index is 0.0500. The SMILES string of the molecule is Cc1ccc(S(=O)(=O)NC(C)(C)C)cc1C(=O)OCC(=O)Nc1cccnc1Cl. The highest BCUT2D eigenvalue weighted by molar-refractivity contribution is 7.89. The van der Waals surface area contributed by atoms with Gasteiger partial charge >= 0.3 is 5.97 Å². The van der Waals surface area contributed by atoms with Gasteiger partial charge in [0.25, 0.3) is 5.91 Å². The minimum Gasteiger partial charge on any atom is -0.452 e. The highest BCUT2D eigenvalue weighted by atomic mass is 35.5. The molecule has 0 aliphatic carbocycles. The second-order valence-corrected chi connectivity index (χ2v) is 9.34. The van der Waals surface area contributed by atoms with E-state index in [0.29, 0.717) is 5.56 Å². The zero-order valence-electron chi connectivity index (χ0n) is 16.4. The van der Waals surface area contributed by atoms with E-state index >= 15 is 0 Å². The molecule has 0 saturated carbocycles. The van der Waals surface area contributed by atoms with E-state index in [-0.39, 0.29) is 21.3 Å². The van der Waals surface area contributed by atoms with Crippen molar-refractivity contribution in [3.05, 3.63) is 52.8 Å². The van der Waals surface area contributed by atoms with E-state index in [1.807, 2.05) is 0 Å². The smallest absolute Gasteiger partial charge is 0.338 e. The molecule has 0 aliphatic rings. The average molecular weight is 440 g/mol. The van der Waals surface area contributed by atoms with Crippen LogP contribution in [0.1, 0.15) is 36.7 Å². The van der Waals surface area contributed by atoms with Crippen molar-refractivity contribution in [2.45, 2.75) is 38.1 Å². The summed E-state index contributed by atoms with van der Waals surface area (Å²) in [6.07, 6.45) is 1.47. The zero-order chi connectivity index (χ0) is 21.8. The van der Waals surface area contributed by atoms with Gasteiger partial charge in [-0.3, -0.25) is 4.79 Å². The van der Waals surface area contributed by atoms with Gasteiger partial charge in [-0.25, -0.2) is 22.9 Å². The molecular formula is C19H22ClN3O5S. The highest BCUT2D eigenvalue weighted by Gasteiger charge is 2.24. The number of aromatic nitrogens is 1. The number of carbonyl (C=O) groups is 2. The molecule has 0 saturated heterocycles. The molecule has 2 aromatic rings. The Hall–Kier alpha value is -2.49. The van der Waals surface area contributed by atoms with E-state index in [1.165, 1.54) is 24.4 Å². The Balaban J connectivity index is 2.11. The molecule has 0 bridgehead atoms. The van der Waals surface area contributed by atoms with Gasteiger partial charge in [0.2, 0.25) is 10.0 Å². The van der Waals surface area contributed by atoms with Crippen LogP contribution in [0.3, 0.4) is 0 Å². The normalized spacial score (nSPS) is 11.8. The van der Waals surface area contributed by atoms with Crippen LogP contribution in [-0.2, 0) is 19.6 Å². The van der Waals surface area contributed by atoms with E-state index in [2.05, 4.69) is 15.0 Å². The Labute approximate surface area is 174 Å². The van der Waals surface area contributed by atoms with Crippen molar-refractivity contribution >= 4 is 39.2 Å². The summed E-state index contributed by atoms with van der Waals surface area (Å²) in [5.41, 5.74) is 0.165. The van der Waals surface area contributed by atoms with Gasteiger partial charge in [-0.1, -0.05) is 17.7 Å². The lowest BCUT2D eigenvalue weighted by Crippen LogP contribution is -2.40. The molecule has 0 radical (unpaired) electrons. The number of anilines is 1. The molecule has 2 N–H and O–H groups in total. The molecule has 0 atom stereocenters. The van der Waals surface area contributed by atoms with Gasteiger partial charge in [0.05, 0.1) is 16.1 Å². The van der Waals surface area contributed by atoms with Crippen molar-refractivity contribution < 1.29 is 22.7 Å². The second kappa shape index (κ2) is 8.89. The molecule has 0 aliphatic heterocycles. The number of sulfonamides is 1. The molecule has 29 heavy (non-hydrogen) atoms. The molecular weight excluding hydrogens is 418 g/mol. The van der Waals surface area contributed by atoms with Crippen LogP contribution in [0.4, 0.5) is 5.69 Å². The Kier molecular flexibility index (Phi) is 6.99. The molecule has 1 aromatic carbocycles. The molecule has 8 nitrogen and oxygen atoms in total. The summed E-state index contributed by atoms with van der Waals surface area (Å²) in [6.45, 7) is 6.20. The molecule has 156 valence electrons. The Morgan fingerprint density at radius 1 is 1.21 bits per heavy atom. The van der Waals surface area contributed by atoms with Gasteiger partial charge in [0.15, 0.2) is 11.8 Å². The second-order valence-electron chi connectivity index (χ2n) is 7.30. The van der Waals surface area contributed by atoms with E-state index in [0.717, 1.165) is 0 Å². The molecule has 1 aromatic heterocycles. The lowest BCUT2D eigenvalue weighted by Gasteiger charge is -2.20. The Bertz CT molecular complexity index is 1030. The van der Waals surface area contributed by atoms with E-state index in [4.69, 9.17) is 16.3 Å². The van der Waals surface area contributed by atoms with Gasteiger partial charge in [-0.05, 0) is 57.5 Å². The fraction of sp³-hybridized carbons (Fsp3) is 0.316. The number of halogens is 1. The largest absolute Gasteiger partial charge is 0.452 e. The van der Waals surface area contributed by atoms with Crippen LogP contribution >= 0.6 is 11.6 Å². The summed E-state index contributed by atoms with van der Waals surface area (Å²) < 4.78 is 32.5. The van der Waals surface area contributed by atoms with Crippen LogP contribution in [-0.4, -0.2) is 37.4 Å².